The van der Waals surface area contributed by atoms with Crippen LogP contribution >= 0.6 is 0 Å². The van der Waals surface area contributed by atoms with Crippen molar-refractivity contribution in [2.24, 2.45) is 0 Å². The molecule has 5 heteroatoms. The minimum absolute atomic E-state index is 0.145. The summed E-state index contributed by atoms with van der Waals surface area (Å²) in [7, 11) is 5.44. The molecule has 0 aromatic heterocycles. The molecule has 1 aromatic rings. The van der Waals surface area contributed by atoms with Gasteiger partial charge in [-0.05, 0) is 38.7 Å². The van der Waals surface area contributed by atoms with Crippen LogP contribution in [0.5, 0.6) is 0 Å². The number of nitrogens with zero attached hydrogens (tertiary/aromatic N) is 2. The second kappa shape index (κ2) is 7.04. The largest absolute Gasteiger partial charge is 0.381 e. The highest BCUT2D eigenvalue weighted by molar-refractivity contribution is 5.95. The van der Waals surface area contributed by atoms with Gasteiger partial charge in [0.1, 0.15) is 5.54 Å². The molecule has 0 aliphatic carbocycles. The second-order valence-electron chi connectivity index (χ2n) is 5.27. The first-order chi connectivity index (χ1) is 9.40. The Labute approximate surface area is 120 Å². The summed E-state index contributed by atoms with van der Waals surface area (Å²) in [5, 5.41) is 11.8. The van der Waals surface area contributed by atoms with Crippen molar-refractivity contribution in [1.29, 1.82) is 5.26 Å². The molecule has 1 aromatic carbocycles. The minimum Gasteiger partial charge on any atom is -0.381 e. The highest BCUT2D eigenvalue weighted by Gasteiger charge is 2.26. The number of methoxy groups -OCH3 is 1. The van der Waals surface area contributed by atoms with Crippen molar-refractivity contribution < 1.29 is 9.53 Å². The molecular formula is C15H21N3O2. The lowest BCUT2D eigenvalue weighted by atomic mass is 10.0. The van der Waals surface area contributed by atoms with Crippen LogP contribution in [0.15, 0.2) is 24.3 Å². The van der Waals surface area contributed by atoms with Crippen LogP contribution < -0.4 is 5.32 Å². The Morgan fingerprint density at radius 3 is 2.75 bits per heavy atom. The Balaban J connectivity index is 2.85. The van der Waals surface area contributed by atoms with Crippen LogP contribution in [0.25, 0.3) is 0 Å². The van der Waals surface area contributed by atoms with Crippen molar-refractivity contribution in [3.8, 4) is 6.07 Å². The van der Waals surface area contributed by atoms with Crippen LogP contribution in [-0.2, 0) is 11.3 Å². The molecule has 0 saturated carbocycles. The molecule has 0 spiro atoms. The lowest BCUT2D eigenvalue weighted by Gasteiger charge is -2.22. The molecule has 108 valence electrons. The maximum atomic E-state index is 12.2. The van der Waals surface area contributed by atoms with Crippen LogP contribution in [0.1, 0.15) is 22.8 Å². The molecule has 0 radical (unpaired) electrons. The molecule has 1 atom stereocenters. The fraction of sp³-hybridized carbons (Fsp3) is 0.467. The van der Waals surface area contributed by atoms with Crippen molar-refractivity contribution in [2.75, 3.05) is 27.8 Å². The molecule has 20 heavy (non-hydrogen) atoms. The summed E-state index contributed by atoms with van der Waals surface area (Å²) >= 11 is 0. The van der Waals surface area contributed by atoms with E-state index in [2.05, 4.69) is 11.4 Å². The number of carbonyl (C=O) groups is 1. The van der Waals surface area contributed by atoms with E-state index < -0.39 is 5.54 Å². The van der Waals surface area contributed by atoms with Gasteiger partial charge in [0.15, 0.2) is 0 Å². The van der Waals surface area contributed by atoms with Gasteiger partial charge < -0.3 is 15.0 Å². The number of hydrogen-bond acceptors (Lipinski definition) is 4. The topological polar surface area (TPSA) is 65.4 Å². The predicted octanol–water partition coefficient (Wildman–Crippen LogP) is 1.41. The van der Waals surface area contributed by atoms with E-state index in [1.807, 2.05) is 37.2 Å². The van der Waals surface area contributed by atoms with E-state index in [0.29, 0.717) is 5.56 Å². The highest BCUT2D eigenvalue weighted by atomic mass is 16.5. The highest BCUT2D eigenvalue weighted by Crippen LogP contribution is 2.10. The van der Waals surface area contributed by atoms with Gasteiger partial charge in [0.25, 0.3) is 5.91 Å². The summed E-state index contributed by atoms with van der Waals surface area (Å²) in [5.74, 6) is -0.272. The number of benzene rings is 1. The molecule has 1 N–H and O–H groups in total. The van der Waals surface area contributed by atoms with Gasteiger partial charge in [-0.3, -0.25) is 4.79 Å². The molecule has 0 aliphatic heterocycles. The summed E-state index contributed by atoms with van der Waals surface area (Å²) in [6.07, 6.45) is 0. The van der Waals surface area contributed by atoms with Crippen LogP contribution in [0.4, 0.5) is 0 Å². The molecule has 1 rings (SSSR count). The summed E-state index contributed by atoms with van der Waals surface area (Å²) in [4.78, 5) is 14.2. The first kappa shape index (κ1) is 16.2. The van der Waals surface area contributed by atoms with Gasteiger partial charge in [-0.2, -0.15) is 5.26 Å². The average molecular weight is 275 g/mol. The Morgan fingerprint density at radius 1 is 1.50 bits per heavy atom. The van der Waals surface area contributed by atoms with Crippen LogP contribution in [0, 0.1) is 11.3 Å². The number of carbonyl (C=O) groups excluding carboxylic acids is 1. The van der Waals surface area contributed by atoms with E-state index in [4.69, 9.17) is 10.00 Å². The van der Waals surface area contributed by atoms with Gasteiger partial charge in [-0.15, -0.1) is 0 Å². The lowest BCUT2D eigenvalue weighted by Crippen LogP contribution is -2.48. The fourth-order valence-electron chi connectivity index (χ4n) is 1.88. The number of ether oxygens (including phenoxy) is 1. The standard InChI is InChI=1S/C15H21N3O2/c1-15(10-16,11-20-4)17-14(19)13-7-5-6-12(8-13)9-18(2)3/h5-8H,9,11H2,1-4H3,(H,17,19)/t15-/m0/s1. The molecule has 0 heterocycles. The smallest absolute Gasteiger partial charge is 0.252 e. The summed E-state index contributed by atoms with van der Waals surface area (Å²) in [6, 6.07) is 9.44. The third kappa shape index (κ3) is 4.65. The molecule has 0 saturated heterocycles. The maximum absolute atomic E-state index is 12.2. The summed E-state index contributed by atoms with van der Waals surface area (Å²) in [5.41, 5.74) is 0.568. The Kier molecular flexibility index (Phi) is 5.68. The van der Waals surface area contributed by atoms with Gasteiger partial charge in [0.2, 0.25) is 0 Å². The number of hydrogen-bond donors (Lipinski definition) is 1. The predicted molar refractivity (Wildman–Crippen MR) is 77.2 cm³/mol. The Hall–Kier alpha value is -1.90. The van der Waals surface area contributed by atoms with Gasteiger partial charge in [-0.25, -0.2) is 0 Å². The molecule has 0 unspecified atom stereocenters. The Bertz CT molecular complexity index is 508. The quantitative estimate of drug-likeness (QED) is 0.852. The number of amides is 1. The van der Waals surface area contributed by atoms with Crippen molar-refractivity contribution in [3.05, 3.63) is 35.4 Å². The SMILES string of the molecule is COC[C@](C)(C#N)NC(=O)c1cccc(CN(C)C)c1. The number of rotatable bonds is 6. The number of nitriles is 1. The van der Waals surface area contributed by atoms with E-state index in [9.17, 15) is 4.79 Å². The molecule has 1 amide bonds. The maximum Gasteiger partial charge on any atom is 0.252 e. The van der Waals surface area contributed by atoms with Gasteiger partial charge in [-0.1, -0.05) is 12.1 Å². The number of nitrogens with one attached hydrogen (secondary N) is 1. The fourth-order valence-corrected chi connectivity index (χ4v) is 1.88. The third-order valence-electron chi connectivity index (χ3n) is 2.76. The van der Waals surface area contributed by atoms with E-state index >= 15 is 0 Å². The van der Waals surface area contributed by atoms with E-state index in [1.165, 1.54) is 7.11 Å². The van der Waals surface area contributed by atoms with Crippen LogP contribution in [0.3, 0.4) is 0 Å². The van der Waals surface area contributed by atoms with Crippen molar-refractivity contribution in [1.82, 2.24) is 10.2 Å². The van der Waals surface area contributed by atoms with E-state index in [1.54, 1.807) is 13.0 Å². The summed E-state index contributed by atoms with van der Waals surface area (Å²) < 4.78 is 4.97. The third-order valence-corrected chi connectivity index (χ3v) is 2.76. The lowest BCUT2D eigenvalue weighted by molar-refractivity contribution is 0.0860. The van der Waals surface area contributed by atoms with Crippen LogP contribution in [0.2, 0.25) is 0 Å². The average Bonchev–Trinajstić information content (AvgIpc) is 2.38. The summed E-state index contributed by atoms with van der Waals surface area (Å²) in [6.45, 7) is 2.54. The second-order valence-corrected chi connectivity index (χ2v) is 5.27. The van der Waals surface area contributed by atoms with E-state index in [-0.39, 0.29) is 12.5 Å². The van der Waals surface area contributed by atoms with Crippen molar-refractivity contribution >= 4 is 5.91 Å². The molecule has 0 aliphatic rings. The Morgan fingerprint density at radius 2 is 2.20 bits per heavy atom. The molecule has 0 bridgehead atoms. The van der Waals surface area contributed by atoms with E-state index in [0.717, 1.165) is 12.1 Å². The zero-order valence-corrected chi connectivity index (χ0v) is 12.4. The van der Waals surface area contributed by atoms with Crippen LogP contribution in [-0.4, -0.2) is 44.2 Å². The normalized spacial score (nSPS) is 13.6. The molecular weight excluding hydrogens is 254 g/mol. The molecule has 0 fully saturated rings. The van der Waals surface area contributed by atoms with Gasteiger partial charge >= 0.3 is 0 Å². The zero-order chi connectivity index (χ0) is 15.2. The first-order valence-electron chi connectivity index (χ1n) is 6.36. The van der Waals surface area contributed by atoms with Crippen molar-refractivity contribution in [2.45, 2.75) is 19.0 Å². The zero-order valence-electron chi connectivity index (χ0n) is 12.4. The van der Waals surface area contributed by atoms with Gasteiger partial charge in [0.05, 0.1) is 12.7 Å². The first-order valence-corrected chi connectivity index (χ1v) is 6.36. The van der Waals surface area contributed by atoms with Gasteiger partial charge in [0, 0.05) is 19.2 Å². The molecule has 5 nitrogen and oxygen atoms in total. The monoisotopic (exact) mass is 275 g/mol. The minimum atomic E-state index is -1.02. The van der Waals surface area contributed by atoms with Crippen molar-refractivity contribution in [3.63, 3.8) is 0 Å².